The normalized spacial score (nSPS) is 19.6. The molecule has 4 atom stereocenters. The van der Waals surface area contributed by atoms with Crippen molar-refractivity contribution in [3.05, 3.63) is 118 Å². The number of carbonyl (C=O) groups is 1. The second-order valence-corrected chi connectivity index (χ2v) is 18.7. The van der Waals surface area contributed by atoms with Crippen LogP contribution in [0.3, 0.4) is 0 Å². The number of ether oxygens (including phenoxy) is 4. The summed E-state index contributed by atoms with van der Waals surface area (Å²) in [5.74, 6) is 1.14. The number of hydrogen-bond donors (Lipinski definition) is 2. The van der Waals surface area contributed by atoms with Crippen LogP contribution in [0.2, 0.25) is 18.1 Å². The Morgan fingerprint density at radius 2 is 1.44 bits per heavy atom. The molecule has 2 heterocycles. The van der Waals surface area contributed by atoms with Crippen molar-refractivity contribution in [3.8, 4) is 11.5 Å². The molecular weight excluding hydrogens is 655 g/mol. The van der Waals surface area contributed by atoms with Gasteiger partial charge in [-0.05, 0) is 65.2 Å². The van der Waals surface area contributed by atoms with Gasteiger partial charge in [0.05, 0.1) is 20.8 Å². The molecule has 5 rings (SSSR count). The molecule has 2 N–H and O–H groups in total. The summed E-state index contributed by atoms with van der Waals surface area (Å²) in [6, 6.07) is 26.8. The third kappa shape index (κ3) is 7.54. The standard InChI is InChI=1S/C38H47N3O8Si/c1-25(42)39-32-22-23-41(36(44)40-32)35-33(43)34(49-50(7,8)37(2,3)4)31(48-35)24-47-38(26-12-10-9-11-13-26,27-14-18-29(45-5)19-15-27)28-16-20-30(46-6)21-17-28/h9-23,31,33-35,43H,24H2,1-8H3,(H,39,40,42,44)/t31-,33+,34+,35-/m1/s1. The second-order valence-electron chi connectivity index (χ2n) is 13.9. The van der Waals surface area contributed by atoms with Crippen LogP contribution in [0.5, 0.6) is 11.5 Å². The molecule has 1 aliphatic heterocycles. The topological polar surface area (TPSA) is 130 Å². The predicted molar refractivity (Wildman–Crippen MR) is 193 cm³/mol. The number of rotatable bonds is 12. The highest BCUT2D eigenvalue weighted by Crippen LogP contribution is 2.45. The van der Waals surface area contributed by atoms with Crippen molar-refractivity contribution in [2.75, 3.05) is 26.1 Å². The molecule has 50 heavy (non-hydrogen) atoms. The summed E-state index contributed by atoms with van der Waals surface area (Å²) < 4.78 is 32.7. The molecule has 4 aromatic rings. The number of anilines is 1. The van der Waals surface area contributed by atoms with E-state index in [0.29, 0.717) is 11.5 Å². The summed E-state index contributed by atoms with van der Waals surface area (Å²) in [6.07, 6.45) is -2.56. The van der Waals surface area contributed by atoms with Crippen LogP contribution in [0.4, 0.5) is 5.82 Å². The van der Waals surface area contributed by atoms with Gasteiger partial charge in [-0.1, -0.05) is 75.4 Å². The molecule has 1 aromatic heterocycles. The summed E-state index contributed by atoms with van der Waals surface area (Å²) in [4.78, 5) is 28.8. The van der Waals surface area contributed by atoms with Gasteiger partial charge >= 0.3 is 5.69 Å². The lowest BCUT2D eigenvalue weighted by Crippen LogP contribution is -2.50. The fourth-order valence-electron chi connectivity index (χ4n) is 5.88. The maximum Gasteiger partial charge on any atom is 0.351 e. The summed E-state index contributed by atoms with van der Waals surface area (Å²) in [5, 5.41) is 14.2. The highest BCUT2D eigenvalue weighted by Gasteiger charge is 2.51. The number of nitrogens with one attached hydrogen (secondary N) is 1. The zero-order chi connectivity index (χ0) is 36.3. The third-order valence-electron chi connectivity index (χ3n) is 9.59. The van der Waals surface area contributed by atoms with Crippen LogP contribution in [0.25, 0.3) is 0 Å². The lowest BCUT2D eigenvalue weighted by molar-refractivity contribution is -0.114. The van der Waals surface area contributed by atoms with E-state index in [4.69, 9.17) is 23.4 Å². The second kappa shape index (κ2) is 14.9. The van der Waals surface area contributed by atoms with Gasteiger partial charge in [-0.15, -0.1) is 0 Å². The maximum absolute atomic E-state index is 13.2. The van der Waals surface area contributed by atoms with E-state index in [1.165, 1.54) is 23.8 Å². The average molecular weight is 702 g/mol. The molecule has 1 aliphatic rings. The van der Waals surface area contributed by atoms with Crippen molar-refractivity contribution in [1.82, 2.24) is 9.55 Å². The quantitative estimate of drug-likeness (QED) is 0.138. The molecule has 1 fully saturated rings. The molecule has 1 amide bonds. The largest absolute Gasteiger partial charge is 0.497 e. The van der Waals surface area contributed by atoms with Crippen LogP contribution in [-0.2, 0) is 24.3 Å². The fourth-order valence-corrected chi connectivity index (χ4v) is 7.21. The Labute approximate surface area is 294 Å². The van der Waals surface area contributed by atoms with E-state index >= 15 is 0 Å². The number of methoxy groups -OCH3 is 2. The summed E-state index contributed by atoms with van der Waals surface area (Å²) in [7, 11) is 0.754. The van der Waals surface area contributed by atoms with Gasteiger partial charge in [0.15, 0.2) is 14.5 Å². The fraction of sp³-hybridized carbons (Fsp3) is 0.395. The Balaban J connectivity index is 1.60. The number of benzene rings is 3. The minimum Gasteiger partial charge on any atom is -0.497 e. The van der Waals surface area contributed by atoms with E-state index in [1.807, 2.05) is 78.9 Å². The molecule has 0 radical (unpaired) electrons. The van der Waals surface area contributed by atoms with E-state index in [2.05, 4.69) is 44.2 Å². The first kappa shape index (κ1) is 36.9. The van der Waals surface area contributed by atoms with Gasteiger partial charge in [0.25, 0.3) is 0 Å². The molecule has 0 bridgehead atoms. The van der Waals surface area contributed by atoms with Crippen molar-refractivity contribution < 1.29 is 33.3 Å². The molecule has 266 valence electrons. The van der Waals surface area contributed by atoms with E-state index in [9.17, 15) is 14.7 Å². The number of aliphatic hydroxyl groups is 1. The van der Waals surface area contributed by atoms with Crippen LogP contribution in [0, 0.1) is 0 Å². The van der Waals surface area contributed by atoms with Crippen LogP contribution in [0.15, 0.2) is 95.9 Å². The molecule has 0 unspecified atom stereocenters. The summed E-state index contributed by atoms with van der Waals surface area (Å²) >= 11 is 0. The van der Waals surface area contributed by atoms with Crippen LogP contribution in [0.1, 0.15) is 50.6 Å². The van der Waals surface area contributed by atoms with Gasteiger partial charge in [-0.2, -0.15) is 4.98 Å². The Bertz CT molecular complexity index is 1760. The molecule has 11 nitrogen and oxygen atoms in total. The number of hydrogen-bond acceptors (Lipinski definition) is 9. The van der Waals surface area contributed by atoms with Gasteiger partial charge in [0, 0.05) is 13.1 Å². The first-order chi connectivity index (χ1) is 23.7. The zero-order valence-corrected chi connectivity index (χ0v) is 30.9. The molecular formula is C38H47N3O8Si. The van der Waals surface area contributed by atoms with E-state index < -0.39 is 44.1 Å². The van der Waals surface area contributed by atoms with Crippen molar-refractivity contribution in [3.63, 3.8) is 0 Å². The smallest absolute Gasteiger partial charge is 0.351 e. The SMILES string of the molecule is COc1ccc(C(OC[C@H]2O[C@@H](n3ccc(NC(C)=O)nc3=O)[C@@H](O)[C@H]2O[Si](C)(C)C(C)(C)C)(c2ccccc2)c2ccc(OC)cc2)cc1. The van der Waals surface area contributed by atoms with Crippen LogP contribution in [-0.4, -0.2) is 68.0 Å². The van der Waals surface area contributed by atoms with Gasteiger partial charge < -0.3 is 33.8 Å². The number of nitrogens with zero attached hydrogens (tertiary/aromatic N) is 2. The minimum atomic E-state index is -2.49. The van der Waals surface area contributed by atoms with E-state index in [1.54, 1.807) is 14.2 Å². The van der Waals surface area contributed by atoms with E-state index in [-0.39, 0.29) is 23.4 Å². The number of amides is 1. The van der Waals surface area contributed by atoms with Crippen LogP contribution < -0.4 is 20.5 Å². The van der Waals surface area contributed by atoms with Crippen LogP contribution >= 0.6 is 0 Å². The molecule has 1 saturated heterocycles. The number of carbonyl (C=O) groups excluding carboxylic acids is 1. The molecule has 12 heteroatoms. The summed E-state index contributed by atoms with van der Waals surface area (Å²) in [6.45, 7) is 11.9. The zero-order valence-electron chi connectivity index (χ0n) is 29.9. The van der Waals surface area contributed by atoms with Crippen molar-refractivity contribution in [2.45, 2.75) is 76.0 Å². The number of aromatic nitrogens is 2. The van der Waals surface area contributed by atoms with Crippen molar-refractivity contribution >= 4 is 20.0 Å². The Kier molecular flexibility index (Phi) is 11.0. The lowest BCUT2D eigenvalue weighted by atomic mass is 9.80. The minimum absolute atomic E-state index is 0.0219. The van der Waals surface area contributed by atoms with Gasteiger partial charge in [-0.25, -0.2) is 4.79 Å². The molecule has 3 aromatic carbocycles. The van der Waals surface area contributed by atoms with Crippen molar-refractivity contribution in [1.29, 1.82) is 0 Å². The monoisotopic (exact) mass is 701 g/mol. The predicted octanol–water partition coefficient (Wildman–Crippen LogP) is 5.88. The third-order valence-corrected chi connectivity index (χ3v) is 14.1. The Morgan fingerprint density at radius 3 is 1.92 bits per heavy atom. The number of aliphatic hydroxyl groups excluding tert-OH is 1. The first-order valence-corrected chi connectivity index (χ1v) is 19.5. The van der Waals surface area contributed by atoms with E-state index in [0.717, 1.165) is 16.7 Å². The first-order valence-electron chi connectivity index (χ1n) is 16.6. The van der Waals surface area contributed by atoms with Gasteiger partial charge in [0.1, 0.15) is 41.2 Å². The molecule has 0 aliphatic carbocycles. The Hall–Kier alpha value is -4.33. The maximum atomic E-state index is 13.2. The molecule has 0 spiro atoms. The molecule has 0 saturated carbocycles. The van der Waals surface area contributed by atoms with Gasteiger partial charge in [-0.3, -0.25) is 9.36 Å². The highest BCUT2D eigenvalue weighted by molar-refractivity contribution is 6.74. The lowest BCUT2D eigenvalue weighted by Gasteiger charge is -2.41. The summed E-state index contributed by atoms with van der Waals surface area (Å²) in [5.41, 5.74) is 0.692. The average Bonchev–Trinajstić information content (AvgIpc) is 3.38. The van der Waals surface area contributed by atoms with Gasteiger partial charge in [0.2, 0.25) is 5.91 Å². The highest BCUT2D eigenvalue weighted by atomic mass is 28.4. The Morgan fingerprint density at radius 1 is 0.900 bits per heavy atom. The van der Waals surface area contributed by atoms with Crippen molar-refractivity contribution in [2.24, 2.45) is 0 Å².